The van der Waals surface area contributed by atoms with E-state index in [0.717, 1.165) is 5.56 Å². The van der Waals surface area contributed by atoms with Gasteiger partial charge in [-0.05, 0) is 24.1 Å². The molecule has 2 rings (SSSR count). The summed E-state index contributed by atoms with van der Waals surface area (Å²) in [6.45, 7) is 1.57. The van der Waals surface area contributed by atoms with Gasteiger partial charge < -0.3 is 10.0 Å². The number of likely N-dealkylation sites (N-methyl/N-ethyl adjacent to an activating group) is 1. The molecule has 1 heterocycles. The lowest BCUT2D eigenvalue weighted by molar-refractivity contribution is -0.129. The Morgan fingerprint density at radius 3 is 2.67 bits per heavy atom. The van der Waals surface area contributed by atoms with E-state index in [-0.39, 0.29) is 19.1 Å². The van der Waals surface area contributed by atoms with E-state index in [2.05, 4.69) is 5.10 Å². The van der Waals surface area contributed by atoms with Gasteiger partial charge in [0.2, 0.25) is 5.91 Å². The fourth-order valence-electron chi connectivity index (χ4n) is 2.02. The van der Waals surface area contributed by atoms with Crippen LogP contribution in [0.2, 0.25) is 0 Å². The van der Waals surface area contributed by atoms with Crippen molar-refractivity contribution in [3.63, 3.8) is 0 Å². The maximum atomic E-state index is 13.9. The van der Waals surface area contributed by atoms with E-state index in [1.807, 2.05) is 0 Å². The summed E-state index contributed by atoms with van der Waals surface area (Å²) in [6, 6.07) is 3.16. The van der Waals surface area contributed by atoms with Crippen LogP contribution in [-0.4, -0.2) is 39.8 Å². The van der Waals surface area contributed by atoms with Gasteiger partial charge in [0.05, 0.1) is 12.8 Å². The van der Waals surface area contributed by atoms with Gasteiger partial charge in [0.25, 0.3) is 0 Å². The highest BCUT2D eigenvalue weighted by atomic mass is 19.1. The van der Waals surface area contributed by atoms with Crippen molar-refractivity contribution in [1.82, 2.24) is 14.7 Å². The van der Waals surface area contributed by atoms with Gasteiger partial charge in [-0.15, -0.1) is 0 Å². The van der Waals surface area contributed by atoms with Gasteiger partial charge in [-0.2, -0.15) is 5.10 Å². The molecule has 0 aliphatic rings. The van der Waals surface area contributed by atoms with Crippen LogP contribution < -0.4 is 0 Å². The van der Waals surface area contributed by atoms with E-state index >= 15 is 0 Å². The quantitative estimate of drug-likeness (QED) is 0.930. The third-order valence-electron chi connectivity index (χ3n) is 3.34. The summed E-state index contributed by atoms with van der Waals surface area (Å²) >= 11 is 0. The SMILES string of the molecule is Cc1cc(-c2cnn(CC(=O)N(C)C)c2)cc(F)c1CO. The van der Waals surface area contributed by atoms with Crippen LogP contribution in [0.15, 0.2) is 24.5 Å². The molecule has 1 N–H and O–H groups in total. The molecule has 0 aliphatic heterocycles. The van der Waals surface area contributed by atoms with Crippen molar-refractivity contribution < 1.29 is 14.3 Å². The zero-order valence-corrected chi connectivity index (χ0v) is 12.3. The number of halogens is 1. The molecule has 1 aromatic carbocycles. The van der Waals surface area contributed by atoms with Gasteiger partial charge in [0.1, 0.15) is 12.4 Å². The summed E-state index contributed by atoms with van der Waals surface area (Å²) in [5.74, 6) is -0.507. The minimum atomic E-state index is -0.440. The van der Waals surface area contributed by atoms with Gasteiger partial charge >= 0.3 is 0 Å². The van der Waals surface area contributed by atoms with Crippen molar-refractivity contribution >= 4 is 5.91 Å². The minimum absolute atomic E-state index is 0.0670. The van der Waals surface area contributed by atoms with Crippen molar-refractivity contribution in [3.05, 3.63) is 41.5 Å². The third-order valence-corrected chi connectivity index (χ3v) is 3.34. The van der Waals surface area contributed by atoms with E-state index in [4.69, 9.17) is 5.11 Å². The largest absolute Gasteiger partial charge is 0.392 e. The van der Waals surface area contributed by atoms with Crippen LogP contribution in [0.4, 0.5) is 4.39 Å². The predicted molar refractivity (Wildman–Crippen MR) is 77.0 cm³/mol. The lowest BCUT2D eigenvalue weighted by atomic mass is 10.0. The molecular weight excluding hydrogens is 273 g/mol. The molecule has 0 atom stereocenters. The molecule has 21 heavy (non-hydrogen) atoms. The Bertz CT molecular complexity index is 642. The normalized spacial score (nSPS) is 10.7. The van der Waals surface area contributed by atoms with Gasteiger partial charge in [-0.3, -0.25) is 9.48 Å². The fourth-order valence-corrected chi connectivity index (χ4v) is 2.02. The molecule has 0 bridgehead atoms. The van der Waals surface area contributed by atoms with Gasteiger partial charge in [-0.25, -0.2) is 4.39 Å². The number of aliphatic hydroxyl groups is 1. The molecule has 0 unspecified atom stereocenters. The first kappa shape index (κ1) is 15.2. The van der Waals surface area contributed by atoms with E-state index < -0.39 is 5.82 Å². The fraction of sp³-hybridized carbons (Fsp3) is 0.333. The maximum Gasteiger partial charge on any atom is 0.243 e. The molecular formula is C15H18FN3O2. The number of rotatable bonds is 4. The summed E-state index contributed by atoms with van der Waals surface area (Å²) in [7, 11) is 3.36. The van der Waals surface area contributed by atoms with E-state index in [1.54, 1.807) is 39.5 Å². The smallest absolute Gasteiger partial charge is 0.243 e. The number of hydrogen-bond acceptors (Lipinski definition) is 3. The molecule has 112 valence electrons. The van der Waals surface area contributed by atoms with Crippen LogP contribution in [0.5, 0.6) is 0 Å². The van der Waals surface area contributed by atoms with Crippen LogP contribution in [0, 0.1) is 12.7 Å². The van der Waals surface area contributed by atoms with E-state index in [0.29, 0.717) is 16.7 Å². The second-order valence-electron chi connectivity index (χ2n) is 5.13. The van der Waals surface area contributed by atoms with Gasteiger partial charge in [-0.1, -0.05) is 6.07 Å². The predicted octanol–water partition coefficient (Wildman–Crippen LogP) is 1.58. The Kier molecular flexibility index (Phi) is 4.37. The number of hydrogen-bond donors (Lipinski definition) is 1. The number of aliphatic hydroxyl groups excluding tert-OH is 1. The van der Waals surface area contributed by atoms with E-state index in [9.17, 15) is 9.18 Å². The topological polar surface area (TPSA) is 58.4 Å². The Morgan fingerprint density at radius 2 is 2.10 bits per heavy atom. The maximum absolute atomic E-state index is 13.9. The van der Waals surface area contributed by atoms with Crippen molar-refractivity contribution in [2.75, 3.05) is 14.1 Å². The second kappa shape index (κ2) is 6.05. The second-order valence-corrected chi connectivity index (χ2v) is 5.13. The van der Waals surface area contributed by atoms with Crippen LogP contribution in [-0.2, 0) is 17.9 Å². The number of amides is 1. The van der Waals surface area contributed by atoms with Crippen LogP contribution in [0.1, 0.15) is 11.1 Å². The zero-order chi connectivity index (χ0) is 15.6. The Morgan fingerprint density at radius 1 is 1.38 bits per heavy atom. The summed E-state index contributed by atoms with van der Waals surface area (Å²) in [5, 5.41) is 13.2. The van der Waals surface area contributed by atoms with Gasteiger partial charge in [0, 0.05) is 31.4 Å². The zero-order valence-electron chi connectivity index (χ0n) is 12.3. The molecule has 1 amide bonds. The molecule has 5 nitrogen and oxygen atoms in total. The van der Waals surface area contributed by atoms with Crippen LogP contribution in [0.3, 0.4) is 0 Å². The average molecular weight is 291 g/mol. The summed E-state index contributed by atoms with van der Waals surface area (Å²) < 4.78 is 15.4. The van der Waals surface area contributed by atoms with Crippen molar-refractivity contribution in [2.45, 2.75) is 20.1 Å². The highest BCUT2D eigenvalue weighted by Gasteiger charge is 2.11. The third kappa shape index (κ3) is 3.28. The monoisotopic (exact) mass is 291 g/mol. The number of carbonyl (C=O) groups is 1. The number of aromatic nitrogens is 2. The first-order chi connectivity index (χ1) is 9.92. The Balaban J connectivity index is 2.28. The Hall–Kier alpha value is -2.21. The molecule has 0 spiro atoms. The molecule has 0 saturated heterocycles. The number of nitrogens with zero attached hydrogens (tertiary/aromatic N) is 3. The highest BCUT2D eigenvalue weighted by Crippen LogP contribution is 2.24. The van der Waals surface area contributed by atoms with Gasteiger partial charge in [0.15, 0.2) is 0 Å². The molecule has 2 aromatic rings. The first-order valence-electron chi connectivity index (χ1n) is 6.55. The Labute approximate surface area is 122 Å². The van der Waals surface area contributed by atoms with Crippen LogP contribution >= 0.6 is 0 Å². The molecule has 0 saturated carbocycles. The lowest BCUT2D eigenvalue weighted by Crippen LogP contribution is -2.26. The lowest BCUT2D eigenvalue weighted by Gasteiger charge is -2.09. The molecule has 0 fully saturated rings. The summed E-state index contributed by atoms with van der Waals surface area (Å²) in [6.07, 6.45) is 3.30. The van der Waals surface area contributed by atoms with Crippen LogP contribution in [0.25, 0.3) is 11.1 Å². The number of benzene rings is 1. The van der Waals surface area contributed by atoms with E-state index in [1.165, 1.54) is 15.6 Å². The first-order valence-corrected chi connectivity index (χ1v) is 6.55. The number of aryl methyl sites for hydroxylation is 1. The van der Waals surface area contributed by atoms with Crippen molar-refractivity contribution in [1.29, 1.82) is 0 Å². The van der Waals surface area contributed by atoms with Crippen molar-refractivity contribution in [3.8, 4) is 11.1 Å². The molecule has 0 radical (unpaired) electrons. The summed E-state index contributed by atoms with van der Waals surface area (Å²) in [4.78, 5) is 13.1. The minimum Gasteiger partial charge on any atom is -0.392 e. The molecule has 0 aliphatic carbocycles. The number of carbonyl (C=O) groups excluding carboxylic acids is 1. The highest BCUT2D eigenvalue weighted by molar-refractivity contribution is 5.75. The summed E-state index contributed by atoms with van der Waals surface area (Å²) in [5.41, 5.74) is 2.39. The standard InChI is InChI=1S/C15H18FN3O2/c1-10-4-11(5-14(16)13(10)9-20)12-6-17-19(7-12)8-15(21)18(2)3/h4-7,20H,8-9H2,1-3H3. The molecule has 1 aromatic heterocycles. The molecule has 6 heteroatoms. The average Bonchev–Trinajstić information content (AvgIpc) is 2.86. The van der Waals surface area contributed by atoms with Crippen molar-refractivity contribution in [2.24, 2.45) is 0 Å².